The first-order valence-electron chi connectivity index (χ1n) is 6.44. The number of rotatable bonds is 1. The van der Waals surface area contributed by atoms with Crippen LogP contribution >= 0.6 is 15.9 Å². The second-order valence-electron chi connectivity index (χ2n) is 4.77. The Hall–Kier alpha value is -2.13. The van der Waals surface area contributed by atoms with Gasteiger partial charge in [0.25, 0.3) is 0 Å². The Labute approximate surface area is 124 Å². The number of fused-ring (bicyclic) bond motifs is 3. The van der Waals surface area contributed by atoms with Gasteiger partial charge in [-0.2, -0.15) is 5.10 Å². The fourth-order valence-electron chi connectivity index (χ4n) is 2.50. The summed E-state index contributed by atoms with van der Waals surface area (Å²) >= 11 is 3.46. The van der Waals surface area contributed by atoms with Gasteiger partial charge in [-0.1, -0.05) is 52.3 Å². The van der Waals surface area contributed by atoms with Crippen molar-refractivity contribution in [2.75, 3.05) is 0 Å². The molecule has 2 aromatic carbocycles. The van der Waals surface area contributed by atoms with Crippen molar-refractivity contribution in [2.24, 2.45) is 0 Å². The maximum absolute atomic E-state index is 4.66. The van der Waals surface area contributed by atoms with Gasteiger partial charge in [-0.3, -0.25) is 0 Å². The van der Waals surface area contributed by atoms with Crippen molar-refractivity contribution in [1.29, 1.82) is 0 Å². The molecule has 3 heteroatoms. The zero-order valence-corrected chi connectivity index (χ0v) is 12.2. The van der Waals surface area contributed by atoms with Gasteiger partial charge in [0.1, 0.15) is 0 Å². The first-order valence-corrected chi connectivity index (χ1v) is 7.24. The molecule has 0 aliphatic heterocycles. The van der Waals surface area contributed by atoms with E-state index in [0.29, 0.717) is 0 Å². The minimum absolute atomic E-state index is 0.994. The molecule has 0 saturated carbocycles. The van der Waals surface area contributed by atoms with Gasteiger partial charge < -0.3 is 0 Å². The summed E-state index contributed by atoms with van der Waals surface area (Å²) in [5.41, 5.74) is 3.26. The normalized spacial score (nSPS) is 11.2. The largest absolute Gasteiger partial charge is 0.240 e. The average molecular weight is 323 g/mol. The monoisotopic (exact) mass is 322 g/mol. The van der Waals surface area contributed by atoms with Gasteiger partial charge in [0.15, 0.2) is 0 Å². The molecule has 0 N–H and O–H groups in total. The Morgan fingerprint density at radius 1 is 0.900 bits per heavy atom. The molecular formula is C17H11BrN2. The summed E-state index contributed by atoms with van der Waals surface area (Å²) in [7, 11) is 0. The van der Waals surface area contributed by atoms with Gasteiger partial charge in [-0.15, -0.1) is 0 Å². The maximum atomic E-state index is 4.66. The van der Waals surface area contributed by atoms with Crippen LogP contribution < -0.4 is 0 Å². The van der Waals surface area contributed by atoms with E-state index < -0.39 is 0 Å². The quantitative estimate of drug-likeness (QED) is 0.486. The van der Waals surface area contributed by atoms with Crippen LogP contribution in [0.15, 0.2) is 71.3 Å². The first-order chi connectivity index (χ1) is 9.81. The Balaban J connectivity index is 1.98. The number of benzene rings is 2. The van der Waals surface area contributed by atoms with Gasteiger partial charge in [-0.05, 0) is 29.7 Å². The summed E-state index contributed by atoms with van der Waals surface area (Å²) in [6.07, 6.45) is 2.01. The molecule has 0 unspecified atom stereocenters. The van der Waals surface area contributed by atoms with Crippen molar-refractivity contribution in [2.45, 2.75) is 0 Å². The highest BCUT2D eigenvalue weighted by Crippen LogP contribution is 2.26. The van der Waals surface area contributed by atoms with E-state index in [4.69, 9.17) is 0 Å². The van der Waals surface area contributed by atoms with E-state index in [1.54, 1.807) is 0 Å². The number of pyridine rings is 1. The third-order valence-corrected chi connectivity index (χ3v) is 4.04. The van der Waals surface area contributed by atoms with Gasteiger partial charge in [0.05, 0.1) is 11.2 Å². The molecule has 2 aromatic heterocycles. The van der Waals surface area contributed by atoms with E-state index in [-0.39, 0.29) is 0 Å². The minimum Gasteiger partial charge on any atom is -0.240 e. The Morgan fingerprint density at radius 3 is 2.55 bits per heavy atom. The van der Waals surface area contributed by atoms with Crippen LogP contribution in [0.5, 0.6) is 0 Å². The molecule has 0 saturated heterocycles. The Kier molecular flexibility index (Phi) is 2.60. The van der Waals surface area contributed by atoms with Crippen LogP contribution in [0.25, 0.3) is 27.5 Å². The van der Waals surface area contributed by atoms with Crippen molar-refractivity contribution in [1.82, 2.24) is 9.61 Å². The standard InChI is InChI=1S/C17H11BrN2/c18-14-7-5-13(6-8-14)16-11-17-15-4-2-1-3-12(15)9-10-20(17)19-16/h1-11H. The van der Waals surface area contributed by atoms with Crippen molar-refractivity contribution in [3.63, 3.8) is 0 Å². The lowest BCUT2D eigenvalue weighted by Crippen LogP contribution is -1.87. The second kappa shape index (κ2) is 4.46. The van der Waals surface area contributed by atoms with Crippen LogP contribution in [-0.2, 0) is 0 Å². The number of aromatic nitrogens is 2. The molecule has 4 aromatic rings. The van der Waals surface area contributed by atoms with Crippen LogP contribution in [0.3, 0.4) is 0 Å². The summed E-state index contributed by atoms with van der Waals surface area (Å²) in [5.74, 6) is 0. The lowest BCUT2D eigenvalue weighted by Gasteiger charge is -1.98. The lowest BCUT2D eigenvalue weighted by molar-refractivity contribution is 0.971. The van der Waals surface area contributed by atoms with E-state index in [1.807, 2.05) is 22.8 Å². The van der Waals surface area contributed by atoms with Gasteiger partial charge >= 0.3 is 0 Å². The Morgan fingerprint density at radius 2 is 1.70 bits per heavy atom. The van der Waals surface area contributed by atoms with Gasteiger partial charge in [-0.25, -0.2) is 4.52 Å². The number of halogens is 1. The summed E-state index contributed by atoms with van der Waals surface area (Å²) in [5, 5.41) is 7.13. The van der Waals surface area contributed by atoms with E-state index in [1.165, 1.54) is 10.8 Å². The minimum atomic E-state index is 0.994. The fourth-order valence-corrected chi connectivity index (χ4v) is 2.76. The zero-order chi connectivity index (χ0) is 13.5. The highest BCUT2D eigenvalue weighted by molar-refractivity contribution is 9.10. The fraction of sp³-hybridized carbons (Fsp3) is 0. The van der Waals surface area contributed by atoms with E-state index >= 15 is 0 Å². The molecule has 0 bridgehead atoms. The summed E-state index contributed by atoms with van der Waals surface area (Å²) < 4.78 is 3.02. The summed E-state index contributed by atoms with van der Waals surface area (Å²) in [6.45, 7) is 0. The number of hydrogen-bond donors (Lipinski definition) is 0. The second-order valence-corrected chi connectivity index (χ2v) is 5.68. The third-order valence-electron chi connectivity index (χ3n) is 3.51. The topological polar surface area (TPSA) is 17.3 Å². The predicted octanol–water partition coefficient (Wildman–Crippen LogP) is 4.92. The molecule has 0 aliphatic rings. The molecule has 2 heterocycles. The molecule has 0 fully saturated rings. The maximum Gasteiger partial charge on any atom is 0.0933 e. The van der Waals surface area contributed by atoms with E-state index in [9.17, 15) is 0 Å². The van der Waals surface area contributed by atoms with Crippen molar-refractivity contribution >= 4 is 32.2 Å². The van der Waals surface area contributed by atoms with Gasteiger partial charge in [0, 0.05) is 21.6 Å². The molecule has 0 amide bonds. The molecule has 2 nitrogen and oxygen atoms in total. The lowest BCUT2D eigenvalue weighted by atomic mass is 10.1. The first kappa shape index (κ1) is 11.7. The molecule has 0 radical (unpaired) electrons. The SMILES string of the molecule is Brc1ccc(-c2cc3c4ccccc4ccn3n2)cc1. The van der Waals surface area contributed by atoms with Crippen LogP contribution in [0.1, 0.15) is 0 Å². The van der Waals surface area contributed by atoms with Crippen molar-refractivity contribution in [3.05, 3.63) is 71.3 Å². The van der Waals surface area contributed by atoms with Gasteiger partial charge in [0.2, 0.25) is 0 Å². The number of nitrogens with zero attached hydrogens (tertiary/aromatic N) is 2. The van der Waals surface area contributed by atoms with Crippen molar-refractivity contribution in [3.8, 4) is 11.3 Å². The average Bonchev–Trinajstić information content (AvgIpc) is 2.92. The Bertz CT molecular complexity index is 907. The molecular weight excluding hydrogens is 312 g/mol. The molecule has 0 spiro atoms. The smallest absolute Gasteiger partial charge is 0.0933 e. The zero-order valence-electron chi connectivity index (χ0n) is 10.6. The van der Waals surface area contributed by atoms with Crippen LogP contribution in [0.4, 0.5) is 0 Å². The highest BCUT2D eigenvalue weighted by Gasteiger charge is 2.07. The van der Waals surface area contributed by atoms with Crippen molar-refractivity contribution < 1.29 is 0 Å². The number of hydrogen-bond acceptors (Lipinski definition) is 1. The van der Waals surface area contributed by atoms with E-state index in [2.05, 4.69) is 69.6 Å². The highest BCUT2D eigenvalue weighted by atomic mass is 79.9. The summed E-state index contributed by atoms with van der Waals surface area (Å²) in [6, 6.07) is 20.9. The predicted molar refractivity (Wildman–Crippen MR) is 85.8 cm³/mol. The molecule has 4 rings (SSSR count). The molecule has 20 heavy (non-hydrogen) atoms. The molecule has 0 atom stereocenters. The summed E-state index contributed by atoms with van der Waals surface area (Å²) in [4.78, 5) is 0. The van der Waals surface area contributed by atoms with Crippen LogP contribution in [-0.4, -0.2) is 9.61 Å². The third kappa shape index (κ3) is 1.82. The molecule has 0 aliphatic carbocycles. The molecule has 96 valence electrons. The van der Waals surface area contributed by atoms with Crippen LogP contribution in [0, 0.1) is 0 Å². The van der Waals surface area contributed by atoms with E-state index in [0.717, 1.165) is 21.2 Å². The van der Waals surface area contributed by atoms with Crippen LogP contribution in [0.2, 0.25) is 0 Å².